The van der Waals surface area contributed by atoms with Gasteiger partial charge in [0.2, 0.25) is 6.79 Å². The fraction of sp³-hybridized carbons (Fsp3) is 0.400. The fourth-order valence-corrected chi connectivity index (χ4v) is 2.19. The average Bonchev–Trinajstić information content (AvgIpc) is 2.62. The molecule has 1 aromatic rings. The highest BCUT2D eigenvalue weighted by atomic mass is 127. The molecule has 13 heavy (non-hydrogen) atoms. The Balaban J connectivity index is 2.47. The minimum Gasteiger partial charge on any atom is -0.454 e. The van der Waals surface area contributed by atoms with E-state index in [2.05, 4.69) is 41.6 Å². The molecule has 0 aromatic heterocycles. The van der Waals surface area contributed by atoms with E-state index in [4.69, 9.17) is 9.47 Å². The van der Waals surface area contributed by atoms with E-state index in [1.54, 1.807) is 0 Å². The molecule has 0 bridgehead atoms. The lowest BCUT2D eigenvalue weighted by Gasteiger charge is -2.06. The van der Waals surface area contributed by atoms with E-state index in [1.165, 1.54) is 11.1 Å². The van der Waals surface area contributed by atoms with E-state index in [0.29, 0.717) is 6.79 Å². The molecule has 2 rings (SSSR count). The van der Waals surface area contributed by atoms with Crippen molar-refractivity contribution >= 4 is 22.6 Å². The second-order valence-corrected chi connectivity index (χ2v) is 3.72. The number of halogens is 1. The average molecular weight is 290 g/mol. The van der Waals surface area contributed by atoms with Crippen molar-refractivity contribution in [3.8, 4) is 11.5 Å². The van der Waals surface area contributed by atoms with Gasteiger partial charge < -0.3 is 9.47 Å². The molecule has 0 fully saturated rings. The number of ether oxygens (including phenoxy) is 2. The molecule has 1 aliphatic heterocycles. The second-order valence-electron chi connectivity index (χ2n) is 2.96. The van der Waals surface area contributed by atoms with Gasteiger partial charge in [-0.15, -0.1) is 0 Å². The van der Waals surface area contributed by atoms with Crippen molar-refractivity contribution in [2.45, 2.75) is 17.8 Å². The number of alkyl halides is 1. The van der Waals surface area contributed by atoms with Crippen LogP contribution in [0, 0.1) is 0 Å². The van der Waals surface area contributed by atoms with Gasteiger partial charge >= 0.3 is 0 Å². The predicted octanol–water partition coefficient (Wildman–Crippen LogP) is 2.91. The van der Waals surface area contributed by atoms with E-state index in [9.17, 15) is 0 Å². The van der Waals surface area contributed by atoms with Crippen LogP contribution in [0.3, 0.4) is 0 Å². The fourth-order valence-electron chi connectivity index (χ4n) is 1.48. The van der Waals surface area contributed by atoms with Crippen LogP contribution in [0.25, 0.3) is 0 Å². The summed E-state index contributed by atoms with van der Waals surface area (Å²) in [5, 5.41) is 0. The molecule has 2 nitrogen and oxygen atoms in total. The first kappa shape index (κ1) is 9.12. The number of hydrogen-bond donors (Lipinski definition) is 0. The van der Waals surface area contributed by atoms with Crippen molar-refractivity contribution in [1.82, 2.24) is 0 Å². The second kappa shape index (κ2) is 3.74. The van der Waals surface area contributed by atoms with Crippen LogP contribution in [-0.4, -0.2) is 6.79 Å². The molecule has 0 spiro atoms. The Morgan fingerprint density at radius 1 is 1.23 bits per heavy atom. The SMILES string of the molecule is CCc1cc2c(cc1CI)OCO2. The first-order valence-electron chi connectivity index (χ1n) is 4.32. The molecule has 0 unspecified atom stereocenters. The molecule has 1 heterocycles. The van der Waals surface area contributed by atoms with Crippen LogP contribution in [0.1, 0.15) is 18.1 Å². The van der Waals surface area contributed by atoms with Crippen LogP contribution < -0.4 is 9.47 Å². The number of aryl methyl sites for hydroxylation is 1. The topological polar surface area (TPSA) is 18.5 Å². The minimum absolute atomic E-state index is 0.364. The standard InChI is InChI=1S/C10H11IO2/c1-2-7-3-9-10(13-6-12-9)4-8(7)5-11/h3-4H,2,5-6H2,1H3. The Kier molecular flexibility index (Phi) is 2.62. The highest BCUT2D eigenvalue weighted by Gasteiger charge is 2.15. The van der Waals surface area contributed by atoms with Crippen LogP contribution in [0.15, 0.2) is 12.1 Å². The number of benzene rings is 1. The maximum absolute atomic E-state index is 5.32. The third-order valence-electron chi connectivity index (χ3n) is 2.22. The van der Waals surface area contributed by atoms with Gasteiger partial charge in [-0.25, -0.2) is 0 Å². The molecule has 0 aliphatic carbocycles. The lowest BCUT2D eigenvalue weighted by atomic mass is 10.1. The summed E-state index contributed by atoms with van der Waals surface area (Å²) in [6.45, 7) is 2.52. The van der Waals surface area contributed by atoms with E-state index < -0.39 is 0 Å². The highest BCUT2D eigenvalue weighted by Crippen LogP contribution is 2.35. The zero-order chi connectivity index (χ0) is 9.26. The van der Waals surface area contributed by atoms with Crippen molar-refractivity contribution in [3.63, 3.8) is 0 Å². The van der Waals surface area contributed by atoms with Crippen molar-refractivity contribution in [2.24, 2.45) is 0 Å². The van der Waals surface area contributed by atoms with E-state index >= 15 is 0 Å². The number of fused-ring (bicyclic) bond motifs is 1. The molecule has 0 saturated heterocycles. The van der Waals surface area contributed by atoms with Gasteiger partial charge in [-0.3, -0.25) is 0 Å². The van der Waals surface area contributed by atoms with E-state index in [0.717, 1.165) is 22.3 Å². The monoisotopic (exact) mass is 290 g/mol. The summed E-state index contributed by atoms with van der Waals surface area (Å²) < 4.78 is 11.7. The first-order valence-corrected chi connectivity index (χ1v) is 5.85. The summed E-state index contributed by atoms with van der Waals surface area (Å²) in [5.41, 5.74) is 2.71. The van der Waals surface area contributed by atoms with Crippen molar-refractivity contribution in [1.29, 1.82) is 0 Å². The van der Waals surface area contributed by atoms with E-state index in [-0.39, 0.29) is 0 Å². The number of rotatable bonds is 2. The van der Waals surface area contributed by atoms with E-state index in [1.807, 2.05) is 0 Å². The van der Waals surface area contributed by atoms with Crippen LogP contribution in [0.5, 0.6) is 11.5 Å². The van der Waals surface area contributed by atoms with Crippen LogP contribution in [0.2, 0.25) is 0 Å². The Morgan fingerprint density at radius 2 is 1.85 bits per heavy atom. The van der Waals surface area contributed by atoms with Crippen LogP contribution in [0.4, 0.5) is 0 Å². The molecular formula is C10H11IO2. The number of hydrogen-bond acceptors (Lipinski definition) is 2. The summed E-state index contributed by atoms with van der Waals surface area (Å²) in [6, 6.07) is 4.18. The highest BCUT2D eigenvalue weighted by molar-refractivity contribution is 14.1. The largest absolute Gasteiger partial charge is 0.454 e. The van der Waals surface area contributed by atoms with Crippen LogP contribution in [-0.2, 0) is 10.8 Å². The van der Waals surface area contributed by atoms with Gasteiger partial charge in [0.1, 0.15) is 0 Å². The predicted molar refractivity (Wildman–Crippen MR) is 59.7 cm³/mol. The smallest absolute Gasteiger partial charge is 0.231 e. The molecule has 70 valence electrons. The Bertz CT molecular complexity index is 292. The van der Waals surface area contributed by atoms with Gasteiger partial charge in [-0.2, -0.15) is 0 Å². The third-order valence-corrected chi connectivity index (χ3v) is 3.04. The molecule has 3 heteroatoms. The van der Waals surface area contributed by atoms with Crippen molar-refractivity contribution in [2.75, 3.05) is 6.79 Å². The summed E-state index contributed by atoms with van der Waals surface area (Å²) in [7, 11) is 0. The minimum atomic E-state index is 0.364. The van der Waals surface area contributed by atoms with Crippen molar-refractivity contribution < 1.29 is 9.47 Å². The third kappa shape index (κ3) is 1.61. The van der Waals surface area contributed by atoms with Gasteiger partial charge in [-0.1, -0.05) is 29.5 Å². The molecule has 0 N–H and O–H groups in total. The lowest BCUT2D eigenvalue weighted by molar-refractivity contribution is 0.174. The summed E-state index contributed by atoms with van der Waals surface area (Å²) in [4.78, 5) is 0. The van der Waals surface area contributed by atoms with Gasteiger partial charge in [0, 0.05) is 4.43 Å². The molecule has 1 aliphatic rings. The molecule has 0 amide bonds. The first-order chi connectivity index (χ1) is 6.35. The Labute approximate surface area is 91.4 Å². The van der Waals surface area contributed by atoms with Crippen molar-refractivity contribution in [3.05, 3.63) is 23.3 Å². The molecule has 0 atom stereocenters. The van der Waals surface area contributed by atoms with Crippen LogP contribution >= 0.6 is 22.6 Å². The summed E-state index contributed by atoms with van der Waals surface area (Å²) in [5.74, 6) is 1.79. The molecular weight excluding hydrogens is 279 g/mol. The quantitative estimate of drug-likeness (QED) is 0.616. The summed E-state index contributed by atoms with van der Waals surface area (Å²) >= 11 is 2.37. The lowest BCUT2D eigenvalue weighted by Crippen LogP contribution is -1.92. The zero-order valence-electron chi connectivity index (χ0n) is 7.47. The molecule has 0 radical (unpaired) electrons. The van der Waals surface area contributed by atoms with Gasteiger partial charge in [0.25, 0.3) is 0 Å². The van der Waals surface area contributed by atoms with Gasteiger partial charge in [-0.05, 0) is 29.7 Å². The van der Waals surface area contributed by atoms with Gasteiger partial charge in [0.15, 0.2) is 11.5 Å². The Morgan fingerprint density at radius 3 is 2.38 bits per heavy atom. The Hall–Kier alpha value is -0.450. The maximum Gasteiger partial charge on any atom is 0.231 e. The zero-order valence-corrected chi connectivity index (χ0v) is 9.63. The molecule has 0 saturated carbocycles. The van der Waals surface area contributed by atoms with Gasteiger partial charge in [0.05, 0.1) is 0 Å². The summed E-state index contributed by atoms with van der Waals surface area (Å²) in [6.07, 6.45) is 1.05. The normalized spacial score (nSPS) is 13.4. The molecule has 1 aromatic carbocycles. The maximum atomic E-state index is 5.32.